The molecule has 3 aliphatic rings. The molecule has 184 valence electrons. The Morgan fingerprint density at radius 3 is 2.31 bits per heavy atom. The maximum absolute atomic E-state index is 14.2. The fourth-order valence-electron chi connectivity index (χ4n) is 4.99. The van der Waals surface area contributed by atoms with Crippen LogP contribution >= 0.6 is 0 Å². The molecule has 2 unspecified atom stereocenters. The standard InChI is InChI=1S/C24H18F6N2O3/c25-23(26,27)16-3-1-2-15(11-16)22(24(28,29)30)12-18(31-35-22)14-4-6-17-13(10-14)5-7-19(17)32-20(33)8-9-21(32)34/h1-4,6,10-11,19H,5,7-9,12H2. The van der Waals surface area contributed by atoms with E-state index in [4.69, 9.17) is 4.84 Å². The highest BCUT2D eigenvalue weighted by molar-refractivity contribution is 6.03. The van der Waals surface area contributed by atoms with Crippen molar-refractivity contribution in [3.63, 3.8) is 0 Å². The molecule has 0 saturated carbocycles. The summed E-state index contributed by atoms with van der Waals surface area (Å²) >= 11 is 0. The summed E-state index contributed by atoms with van der Waals surface area (Å²) in [5.74, 6) is -0.497. The largest absolute Gasteiger partial charge is 0.435 e. The Bertz CT molecular complexity index is 1240. The second-order valence-corrected chi connectivity index (χ2v) is 8.83. The van der Waals surface area contributed by atoms with Crippen molar-refractivity contribution in [2.75, 3.05) is 0 Å². The number of hydrogen-bond donors (Lipinski definition) is 0. The maximum atomic E-state index is 14.2. The molecule has 1 saturated heterocycles. The van der Waals surface area contributed by atoms with Gasteiger partial charge >= 0.3 is 12.4 Å². The van der Waals surface area contributed by atoms with Crippen LogP contribution in [0.5, 0.6) is 0 Å². The number of hydrogen-bond acceptors (Lipinski definition) is 4. The summed E-state index contributed by atoms with van der Waals surface area (Å²) in [5.41, 5.74) is -3.17. The van der Waals surface area contributed by atoms with Gasteiger partial charge in [-0.1, -0.05) is 29.4 Å². The van der Waals surface area contributed by atoms with Crippen LogP contribution in [0.15, 0.2) is 47.6 Å². The molecule has 0 N–H and O–H groups in total. The summed E-state index contributed by atoms with van der Waals surface area (Å²) in [5, 5.41) is 3.64. The third-order valence-corrected chi connectivity index (χ3v) is 6.77. The number of carbonyl (C=O) groups is 2. The minimum absolute atomic E-state index is 0.0562. The van der Waals surface area contributed by atoms with Gasteiger partial charge in [0.2, 0.25) is 11.8 Å². The van der Waals surface area contributed by atoms with Crippen LogP contribution in [0.3, 0.4) is 0 Å². The second-order valence-electron chi connectivity index (χ2n) is 8.83. The molecule has 2 heterocycles. The van der Waals surface area contributed by atoms with Crippen molar-refractivity contribution in [3.8, 4) is 0 Å². The van der Waals surface area contributed by atoms with E-state index < -0.39 is 41.5 Å². The van der Waals surface area contributed by atoms with E-state index in [2.05, 4.69) is 5.16 Å². The summed E-state index contributed by atoms with van der Waals surface area (Å²) < 4.78 is 82.0. The predicted octanol–water partition coefficient (Wildman–Crippen LogP) is 5.42. The van der Waals surface area contributed by atoms with Gasteiger partial charge < -0.3 is 4.84 Å². The molecule has 5 nitrogen and oxygen atoms in total. The average Bonchev–Trinajstić information content (AvgIpc) is 3.50. The van der Waals surface area contributed by atoms with Crippen molar-refractivity contribution in [3.05, 3.63) is 70.3 Å². The molecule has 2 aromatic rings. The van der Waals surface area contributed by atoms with E-state index in [1.165, 1.54) is 11.0 Å². The molecule has 35 heavy (non-hydrogen) atoms. The summed E-state index contributed by atoms with van der Waals surface area (Å²) in [6.07, 6.45) is -9.32. The highest BCUT2D eigenvalue weighted by Gasteiger charge is 2.62. The van der Waals surface area contributed by atoms with E-state index in [0.29, 0.717) is 30.5 Å². The molecule has 2 atom stereocenters. The topological polar surface area (TPSA) is 59.0 Å². The summed E-state index contributed by atoms with van der Waals surface area (Å²) in [4.78, 5) is 30.4. The Hall–Kier alpha value is -3.37. The van der Waals surface area contributed by atoms with Crippen molar-refractivity contribution >= 4 is 17.5 Å². The smallest absolute Gasteiger partial charge is 0.374 e. The van der Waals surface area contributed by atoms with Crippen LogP contribution in [0.25, 0.3) is 0 Å². The van der Waals surface area contributed by atoms with Gasteiger partial charge in [0.15, 0.2) is 0 Å². The van der Waals surface area contributed by atoms with Gasteiger partial charge in [-0.05, 0) is 47.7 Å². The van der Waals surface area contributed by atoms with Crippen LogP contribution in [0.4, 0.5) is 26.3 Å². The minimum atomic E-state index is -5.04. The van der Waals surface area contributed by atoms with Gasteiger partial charge in [0.25, 0.3) is 5.60 Å². The number of nitrogens with zero attached hydrogens (tertiary/aromatic N) is 2. The van der Waals surface area contributed by atoms with Crippen LogP contribution in [0.2, 0.25) is 0 Å². The monoisotopic (exact) mass is 496 g/mol. The quantitative estimate of drug-likeness (QED) is 0.421. The van der Waals surface area contributed by atoms with Gasteiger partial charge in [-0.3, -0.25) is 14.5 Å². The van der Waals surface area contributed by atoms with Crippen molar-refractivity contribution in [1.82, 2.24) is 4.90 Å². The molecular formula is C24H18F6N2O3. The second kappa shape index (κ2) is 7.82. The Morgan fingerprint density at radius 1 is 0.943 bits per heavy atom. The lowest BCUT2D eigenvalue weighted by molar-refractivity contribution is -0.276. The van der Waals surface area contributed by atoms with Crippen LogP contribution < -0.4 is 0 Å². The maximum Gasteiger partial charge on any atom is 0.435 e. The SMILES string of the molecule is O=C1CCC(=O)N1C1CCc2cc(C3=NOC(c4cccc(C(F)(F)F)c4)(C(F)(F)F)C3)ccc21. The minimum Gasteiger partial charge on any atom is -0.374 e. The number of rotatable bonds is 3. The summed E-state index contributed by atoms with van der Waals surface area (Å²) in [6.45, 7) is 0. The number of amides is 2. The van der Waals surface area contributed by atoms with Crippen LogP contribution in [-0.4, -0.2) is 28.6 Å². The molecule has 0 spiro atoms. The zero-order chi connectivity index (χ0) is 25.2. The van der Waals surface area contributed by atoms with Gasteiger partial charge in [-0.15, -0.1) is 0 Å². The van der Waals surface area contributed by atoms with Crippen molar-refractivity contribution in [1.29, 1.82) is 0 Å². The predicted molar refractivity (Wildman–Crippen MR) is 110 cm³/mol. The van der Waals surface area contributed by atoms with Gasteiger partial charge in [-0.25, -0.2) is 0 Å². The average molecular weight is 496 g/mol. The summed E-state index contributed by atoms with van der Waals surface area (Å²) in [6, 6.07) is 7.39. The molecule has 1 aliphatic carbocycles. The van der Waals surface area contributed by atoms with E-state index >= 15 is 0 Å². The number of oxime groups is 1. The Morgan fingerprint density at radius 2 is 1.66 bits per heavy atom. The highest BCUT2D eigenvalue weighted by Crippen LogP contribution is 2.50. The Kier molecular flexibility index (Phi) is 5.22. The normalized spacial score (nSPS) is 24.6. The third kappa shape index (κ3) is 3.77. The molecule has 2 aromatic carbocycles. The van der Waals surface area contributed by atoms with Gasteiger partial charge in [-0.2, -0.15) is 26.3 Å². The number of likely N-dealkylation sites (tertiary alicyclic amines) is 1. The third-order valence-electron chi connectivity index (χ3n) is 6.77. The first-order valence-electron chi connectivity index (χ1n) is 10.9. The zero-order valence-electron chi connectivity index (χ0n) is 18.0. The highest BCUT2D eigenvalue weighted by atomic mass is 19.4. The fraction of sp³-hybridized carbons (Fsp3) is 0.375. The number of carbonyl (C=O) groups excluding carboxylic acids is 2. The van der Waals surface area contributed by atoms with Crippen LogP contribution in [0, 0.1) is 0 Å². The Labute approximate surface area is 195 Å². The molecule has 2 amide bonds. The lowest BCUT2D eigenvalue weighted by atomic mass is 9.85. The molecule has 1 fully saturated rings. The number of fused-ring (bicyclic) bond motifs is 1. The first kappa shape index (κ1) is 23.4. The molecule has 0 bridgehead atoms. The number of imide groups is 1. The molecule has 0 aromatic heterocycles. The van der Waals surface area contributed by atoms with E-state index in [0.717, 1.165) is 23.3 Å². The van der Waals surface area contributed by atoms with E-state index in [-0.39, 0.29) is 30.4 Å². The van der Waals surface area contributed by atoms with Crippen LogP contribution in [0.1, 0.15) is 59.5 Å². The van der Waals surface area contributed by atoms with Crippen molar-refractivity contribution in [2.24, 2.45) is 5.16 Å². The zero-order valence-corrected chi connectivity index (χ0v) is 18.0. The number of aryl methyl sites for hydroxylation is 1. The fourth-order valence-corrected chi connectivity index (χ4v) is 4.99. The number of alkyl halides is 6. The number of halogens is 6. The molecule has 0 radical (unpaired) electrons. The lowest BCUT2D eigenvalue weighted by Crippen LogP contribution is -2.42. The van der Waals surface area contributed by atoms with Gasteiger partial charge in [0.1, 0.15) is 0 Å². The number of benzene rings is 2. The van der Waals surface area contributed by atoms with E-state index in [1.807, 2.05) is 0 Å². The molecule has 2 aliphatic heterocycles. The lowest BCUT2D eigenvalue weighted by Gasteiger charge is -2.30. The van der Waals surface area contributed by atoms with Crippen LogP contribution in [-0.2, 0) is 32.6 Å². The summed E-state index contributed by atoms with van der Waals surface area (Å²) in [7, 11) is 0. The Balaban J connectivity index is 1.45. The molecular weight excluding hydrogens is 478 g/mol. The molecule has 11 heteroatoms. The van der Waals surface area contributed by atoms with Crippen molar-refractivity contribution in [2.45, 2.75) is 56.1 Å². The van der Waals surface area contributed by atoms with Crippen molar-refractivity contribution < 1.29 is 40.8 Å². The van der Waals surface area contributed by atoms with Gasteiger partial charge in [0.05, 0.1) is 17.3 Å². The first-order valence-corrected chi connectivity index (χ1v) is 10.9. The molecule has 5 rings (SSSR count). The van der Waals surface area contributed by atoms with E-state index in [1.54, 1.807) is 12.1 Å². The van der Waals surface area contributed by atoms with Gasteiger partial charge in [0, 0.05) is 24.8 Å². The first-order chi connectivity index (χ1) is 16.4. The van der Waals surface area contributed by atoms with E-state index in [9.17, 15) is 35.9 Å².